The molecule has 128 valence electrons. The molecule has 3 nitrogen and oxygen atoms in total. The Kier molecular flexibility index (Phi) is 6.42. The molecule has 0 spiro atoms. The second-order valence-corrected chi connectivity index (χ2v) is 6.30. The van der Waals surface area contributed by atoms with E-state index in [9.17, 15) is 9.90 Å². The number of unbranched alkanes of at least 4 members (excludes halogenated alkanes) is 1. The lowest BCUT2D eigenvalue weighted by molar-refractivity contribution is -0.138. The van der Waals surface area contributed by atoms with Gasteiger partial charge in [-0.05, 0) is 55.5 Å². The molecular weight excluding hydrogens is 300 g/mol. The Labute approximate surface area is 144 Å². The Morgan fingerprint density at radius 1 is 1.12 bits per heavy atom. The Balaban J connectivity index is 2.13. The number of ether oxygens (including phenoxy) is 1. The van der Waals surface area contributed by atoms with Crippen molar-refractivity contribution in [2.75, 3.05) is 6.61 Å². The van der Waals surface area contributed by atoms with Crippen LogP contribution in [0.1, 0.15) is 47.9 Å². The van der Waals surface area contributed by atoms with Crippen LogP contribution in [-0.4, -0.2) is 17.7 Å². The molecule has 3 heteroatoms. The molecular formula is C21H26O3. The first-order valence-electron chi connectivity index (χ1n) is 8.53. The number of aliphatic carboxylic acids is 1. The van der Waals surface area contributed by atoms with Crippen molar-refractivity contribution in [2.24, 2.45) is 0 Å². The number of carboxylic acids is 1. The van der Waals surface area contributed by atoms with E-state index in [2.05, 4.69) is 6.92 Å². The fourth-order valence-corrected chi connectivity index (χ4v) is 2.76. The first kappa shape index (κ1) is 18.1. The summed E-state index contributed by atoms with van der Waals surface area (Å²) in [5.74, 6) is -0.477. The average Bonchev–Trinajstić information content (AvgIpc) is 2.56. The van der Waals surface area contributed by atoms with Crippen LogP contribution in [-0.2, 0) is 11.2 Å². The maximum atomic E-state index is 11.8. The van der Waals surface area contributed by atoms with Crippen LogP contribution < -0.4 is 4.74 Å². The minimum atomic E-state index is -0.785. The number of hydrogen-bond acceptors (Lipinski definition) is 2. The topological polar surface area (TPSA) is 46.5 Å². The Hall–Kier alpha value is -2.29. The van der Waals surface area contributed by atoms with Gasteiger partial charge in [-0.15, -0.1) is 0 Å². The van der Waals surface area contributed by atoms with Crippen molar-refractivity contribution in [3.63, 3.8) is 0 Å². The fourth-order valence-electron chi connectivity index (χ4n) is 2.76. The van der Waals surface area contributed by atoms with Crippen molar-refractivity contribution >= 4 is 5.97 Å². The zero-order chi connectivity index (χ0) is 17.5. The highest BCUT2D eigenvalue weighted by Gasteiger charge is 2.22. The lowest BCUT2D eigenvalue weighted by Gasteiger charge is -2.16. The number of aryl methyl sites for hydroxylation is 2. The van der Waals surface area contributed by atoms with E-state index in [0.29, 0.717) is 6.42 Å². The van der Waals surface area contributed by atoms with Crippen molar-refractivity contribution in [3.05, 3.63) is 64.7 Å². The molecule has 0 fully saturated rings. The van der Waals surface area contributed by atoms with E-state index in [1.807, 2.05) is 56.3 Å². The standard InChI is InChI=1S/C21H26O3/c1-4-5-12-24-18-10-8-17(9-11-18)14-20(21(22)23)19-13-15(2)6-7-16(19)3/h6-11,13,20H,4-5,12,14H2,1-3H3,(H,22,23). The third-order valence-corrected chi connectivity index (χ3v) is 4.24. The molecule has 2 aromatic rings. The minimum Gasteiger partial charge on any atom is -0.494 e. The molecule has 0 bridgehead atoms. The van der Waals surface area contributed by atoms with Gasteiger partial charge in [-0.25, -0.2) is 0 Å². The molecule has 0 amide bonds. The van der Waals surface area contributed by atoms with E-state index in [1.165, 1.54) is 0 Å². The van der Waals surface area contributed by atoms with Gasteiger partial charge < -0.3 is 9.84 Å². The summed E-state index contributed by atoms with van der Waals surface area (Å²) in [5.41, 5.74) is 4.01. The summed E-state index contributed by atoms with van der Waals surface area (Å²) in [6.07, 6.45) is 2.62. The highest BCUT2D eigenvalue weighted by Crippen LogP contribution is 2.26. The molecule has 2 rings (SSSR count). The van der Waals surface area contributed by atoms with Crippen LogP contribution in [0.15, 0.2) is 42.5 Å². The summed E-state index contributed by atoms with van der Waals surface area (Å²) in [6.45, 7) is 6.81. The summed E-state index contributed by atoms with van der Waals surface area (Å²) in [4.78, 5) is 11.8. The predicted molar refractivity (Wildman–Crippen MR) is 96.8 cm³/mol. The maximum Gasteiger partial charge on any atom is 0.311 e. The predicted octanol–water partition coefficient (Wildman–Crippen LogP) is 4.89. The molecule has 0 aliphatic rings. The largest absolute Gasteiger partial charge is 0.494 e. The molecule has 1 N–H and O–H groups in total. The first-order chi connectivity index (χ1) is 11.5. The third kappa shape index (κ3) is 4.85. The van der Waals surface area contributed by atoms with E-state index >= 15 is 0 Å². The zero-order valence-corrected chi connectivity index (χ0v) is 14.7. The second kappa shape index (κ2) is 8.53. The average molecular weight is 326 g/mol. The number of hydrogen-bond donors (Lipinski definition) is 1. The second-order valence-electron chi connectivity index (χ2n) is 6.30. The maximum absolute atomic E-state index is 11.8. The number of rotatable bonds is 8. The van der Waals surface area contributed by atoms with Gasteiger partial charge in [-0.1, -0.05) is 49.2 Å². The number of benzene rings is 2. The monoisotopic (exact) mass is 326 g/mol. The highest BCUT2D eigenvalue weighted by molar-refractivity contribution is 5.77. The Bertz CT molecular complexity index is 674. The van der Waals surface area contributed by atoms with E-state index in [-0.39, 0.29) is 0 Å². The van der Waals surface area contributed by atoms with Gasteiger partial charge in [0, 0.05) is 0 Å². The fraction of sp³-hybridized carbons (Fsp3) is 0.381. The van der Waals surface area contributed by atoms with Gasteiger partial charge >= 0.3 is 5.97 Å². The van der Waals surface area contributed by atoms with Crippen LogP contribution in [0, 0.1) is 13.8 Å². The quantitative estimate of drug-likeness (QED) is 0.702. The van der Waals surface area contributed by atoms with Gasteiger partial charge in [0.1, 0.15) is 5.75 Å². The summed E-state index contributed by atoms with van der Waals surface area (Å²) in [6, 6.07) is 13.8. The van der Waals surface area contributed by atoms with Crippen LogP contribution in [0.3, 0.4) is 0 Å². The lowest BCUT2D eigenvalue weighted by atomic mass is 9.88. The minimum absolute atomic E-state index is 0.481. The van der Waals surface area contributed by atoms with Crippen LogP contribution in [0.2, 0.25) is 0 Å². The Morgan fingerprint density at radius 2 is 1.83 bits per heavy atom. The lowest BCUT2D eigenvalue weighted by Crippen LogP contribution is -2.16. The molecule has 24 heavy (non-hydrogen) atoms. The van der Waals surface area contributed by atoms with Crippen molar-refractivity contribution in [3.8, 4) is 5.75 Å². The van der Waals surface area contributed by atoms with E-state index in [1.54, 1.807) is 0 Å². The van der Waals surface area contributed by atoms with Crippen molar-refractivity contribution in [1.29, 1.82) is 0 Å². The molecule has 1 unspecified atom stereocenters. The normalized spacial score (nSPS) is 12.0. The summed E-state index contributed by atoms with van der Waals surface area (Å²) in [5, 5.41) is 9.68. The van der Waals surface area contributed by atoms with Gasteiger partial charge in [-0.3, -0.25) is 4.79 Å². The molecule has 0 heterocycles. The van der Waals surface area contributed by atoms with Crippen LogP contribution in [0.25, 0.3) is 0 Å². The molecule has 2 aromatic carbocycles. The third-order valence-electron chi connectivity index (χ3n) is 4.24. The zero-order valence-electron chi connectivity index (χ0n) is 14.7. The van der Waals surface area contributed by atoms with Gasteiger partial charge in [-0.2, -0.15) is 0 Å². The first-order valence-corrected chi connectivity index (χ1v) is 8.53. The molecule has 1 atom stereocenters. The smallest absolute Gasteiger partial charge is 0.311 e. The molecule has 0 saturated carbocycles. The van der Waals surface area contributed by atoms with Crippen LogP contribution in [0.5, 0.6) is 5.75 Å². The summed E-state index contributed by atoms with van der Waals surface area (Å²) in [7, 11) is 0. The van der Waals surface area contributed by atoms with Crippen molar-refractivity contribution in [2.45, 2.75) is 46.0 Å². The number of carbonyl (C=O) groups is 1. The van der Waals surface area contributed by atoms with Crippen LogP contribution in [0.4, 0.5) is 0 Å². The molecule has 0 aromatic heterocycles. The van der Waals surface area contributed by atoms with Crippen molar-refractivity contribution in [1.82, 2.24) is 0 Å². The van der Waals surface area contributed by atoms with Gasteiger partial charge in [0.15, 0.2) is 0 Å². The van der Waals surface area contributed by atoms with Crippen molar-refractivity contribution < 1.29 is 14.6 Å². The number of carboxylic acid groups (broad SMARTS) is 1. The van der Waals surface area contributed by atoms with E-state index in [4.69, 9.17) is 4.74 Å². The van der Waals surface area contributed by atoms with Crippen LogP contribution >= 0.6 is 0 Å². The summed E-state index contributed by atoms with van der Waals surface area (Å²) < 4.78 is 5.66. The van der Waals surface area contributed by atoms with Gasteiger partial charge in [0.2, 0.25) is 0 Å². The SMILES string of the molecule is CCCCOc1ccc(CC(C(=O)O)c2cc(C)ccc2C)cc1. The van der Waals surface area contributed by atoms with Gasteiger partial charge in [0.25, 0.3) is 0 Å². The molecule has 0 aliphatic carbocycles. The summed E-state index contributed by atoms with van der Waals surface area (Å²) >= 11 is 0. The Morgan fingerprint density at radius 3 is 2.46 bits per heavy atom. The molecule has 0 radical (unpaired) electrons. The highest BCUT2D eigenvalue weighted by atomic mass is 16.5. The van der Waals surface area contributed by atoms with E-state index in [0.717, 1.165) is 47.5 Å². The van der Waals surface area contributed by atoms with E-state index < -0.39 is 11.9 Å². The molecule has 0 saturated heterocycles. The molecule has 0 aliphatic heterocycles. The van der Waals surface area contributed by atoms with Gasteiger partial charge in [0.05, 0.1) is 12.5 Å².